The largest absolute Gasteiger partial charge is 0.314 e. The lowest BCUT2D eigenvalue weighted by Gasteiger charge is -2.16. The lowest BCUT2D eigenvalue weighted by molar-refractivity contribution is 0.458. The molecule has 1 aliphatic rings. The quantitative estimate of drug-likeness (QED) is 0.413. The van der Waals surface area contributed by atoms with Crippen LogP contribution < -0.4 is 16.0 Å². The topological polar surface area (TPSA) is 39.3 Å². The molecule has 0 radical (unpaired) electrons. The van der Waals surface area contributed by atoms with E-state index in [-0.39, 0.29) is 0 Å². The van der Waals surface area contributed by atoms with Gasteiger partial charge in [0.1, 0.15) is 0 Å². The Labute approximate surface area is 94.3 Å². The molecule has 1 saturated heterocycles. The number of hydrogen-bond acceptors (Lipinski definition) is 4. The minimum absolute atomic E-state index is 1.07. The minimum atomic E-state index is 1.07. The van der Waals surface area contributed by atoms with Gasteiger partial charge in [-0.25, -0.2) is 3.11 Å². The van der Waals surface area contributed by atoms with E-state index in [1.165, 1.54) is 0 Å². The normalized spacial score (nSPS) is 24.7. The van der Waals surface area contributed by atoms with Gasteiger partial charge in [0.2, 0.25) is 0 Å². The lowest BCUT2D eigenvalue weighted by atomic mass is 10.4. The van der Waals surface area contributed by atoms with Crippen LogP contribution in [-0.4, -0.2) is 55.5 Å². The van der Waals surface area contributed by atoms with E-state index < -0.39 is 0 Å². The number of nitrogens with zero attached hydrogens (tertiary/aromatic N) is 1. The van der Waals surface area contributed by atoms with Crippen molar-refractivity contribution in [3.8, 4) is 0 Å². The monoisotopic (exact) mass is 298 g/mol. The molecule has 0 atom stereocenters. The van der Waals surface area contributed by atoms with E-state index in [9.17, 15) is 0 Å². The summed E-state index contributed by atoms with van der Waals surface area (Å²) in [6.07, 6.45) is 0. The van der Waals surface area contributed by atoms with E-state index in [1.54, 1.807) is 0 Å². The summed E-state index contributed by atoms with van der Waals surface area (Å²) in [6.45, 7) is 8.72. The third-order valence-electron chi connectivity index (χ3n) is 2.02. The van der Waals surface area contributed by atoms with E-state index in [0.717, 1.165) is 52.4 Å². The van der Waals surface area contributed by atoms with Gasteiger partial charge in [-0.3, -0.25) is 0 Å². The van der Waals surface area contributed by atoms with Crippen LogP contribution in [0.15, 0.2) is 0 Å². The van der Waals surface area contributed by atoms with Crippen LogP contribution in [0.1, 0.15) is 0 Å². The number of halogens is 1. The summed E-state index contributed by atoms with van der Waals surface area (Å²) in [7, 11) is 0. The van der Waals surface area contributed by atoms with Crippen molar-refractivity contribution in [3.05, 3.63) is 0 Å². The van der Waals surface area contributed by atoms with Crippen LogP contribution >= 0.6 is 22.9 Å². The Morgan fingerprint density at radius 3 is 1.54 bits per heavy atom. The first kappa shape index (κ1) is 11.6. The summed E-state index contributed by atoms with van der Waals surface area (Å²) in [4.78, 5) is 0. The highest BCUT2D eigenvalue weighted by atomic mass is 127. The smallest absolute Gasteiger partial charge is 0.0207 e. The zero-order valence-corrected chi connectivity index (χ0v) is 10.1. The van der Waals surface area contributed by atoms with Gasteiger partial charge in [0.15, 0.2) is 0 Å². The molecule has 0 amide bonds. The van der Waals surface area contributed by atoms with Gasteiger partial charge in [-0.15, -0.1) is 0 Å². The Balaban J connectivity index is 2.11. The highest BCUT2D eigenvalue weighted by molar-refractivity contribution is 14.1. The molecule has 0 saturated carbocycles. The predicted molar refractivity (Wildman–Crippen MR) is 64.2 cm³/mol. The first-order chi connectivity index (χ1) is 6.39. The fraction of sp³-hybridized carbons (Fsp3) is 1.00. The fourth-order valence-electron chi connectivity index (χ4n) is 1.24. The molecule has 13 heavy (non-hydrogen) atoms. The number of rotatable bonds is 0. The molecule has 1 aliphatic heterocycles. The molecule has 3 N–H and O–H groups in total. The van der Waals surface area contributed by atoms with Crippen LogP contribution in [-0.2, 0) is 0 Å². The molecule has 0 aromatic heterocycles. The zero-order valence-electron chi connectivity index (χ0n) is 7.98. The van der Waals surface area contributed by atoms with Gasteiger partial charge in [-0.1, -0.05) is 0 Å². The third-order valence-corrected chi connectivity index (χ3v) is 2.98. The van der Waals surface area contributed by atoms with E-state index in [4.69, 9.17) is 0 Å². The lowest BCUT2D eigenvalue weighted by Crippen LogP contribution is -2.38. The molecule has 78 valence electrons. The van der Waals surface area contributed by atoms with E-state index in [1.807, 2.05) is 0 Å². The molecule has 0 aromatic carbocycles. The Kier molecular flexibility index (Phi) is 7.10. The molecule has 4 nitrogen and oxygen atoms in total. The molecule has 0 bridgehead atoms. The summed E-state index contributed by atoms with van der Waals surface area (Å²) in [5.74, 6) is 0. The second kappa shape index (κ2) is 7.93. The maximum Gasteiger partial charge on any atom is 0.0207 e. The molecule has 0 unspecified atom stereocenters. The average Bonchev–Trinajstić information content (AvgIpc) is 2.11. The van der Waals surface area contributed by atoms with Gasteiger partial charge in [-0.05, 0) is 0 Å². The van der Waals surface area contributed by atoms with Crippen molar-refractivity contribution in [1.29, 1.82) is 0 Å². The highest BCUT2D eigenvalue weighted by Crippen LogP contribution is 1.94. The van der Waals surface area contributed by atoms with Gasteiger partial charge in [0.25, 0.3) is 0 Å². The maximum atomic E-state index is 3.40. The summed E-state index contributed by atoms with van der Waals surface area (Å²) < 4.78 is 2.33. The number of nitrogens with one attached hydrogen (secondary N) is 3. The molecule has 1 heterocycles. The average molecular weight is 298 g/mol. The Morgan fingerprint density at radius 2 is 1.08 bits per heavy atom. The molecule has 1 fully saturated rings. The first-order valence-electron chi connectivity index (χ1n) is 4.92. The second-order valence-electron chi connectivity index (χ2n) is 3.16. The summed E-state index contributed by atoms with van der Waals surface area (Å²) in [6, 6.07) is 0. The molecular weight excluding hydrogens is 279 g/mol. The fourth-order valence-corrected chi connectivity index (χ4v) is 1.72. The van der Waals surface area contributed by atoms with Crippen molar-refractivity contribution < 1.29 is 0 Å². The van der Waals surface area contributed by atoms with Crippen LogP contribution in [0.5, 0.6) is 0 Å². The summed E-state index contributed by atoms with van der Waals surface area (Å²) in [5.41, 5.74) is 0. The van der Waals surface area contributed by atoms with Gasteiger partial charge >= 0.3 is 0 Å². The molecular formula is C8H19IN4. The predicted octanol–water partition coefficient (Wildman–Crippen LogP) is -0.579. The molecule has 5 heteroatoms. The van der Waals surface area contributed by atoms with Crippen molar-refractivity contribution in [1.82, 2.24) is 19.1 Å². The van der Waals surface area contributed by atoms with Crippen molar-refractivity contribution in [2.45, 2.75) is 0 Å². The van der Waals surface area contributed by atoms with Crippen molar-refractivity contribution in [2.24, 2.45) is 0 Å². The Hall–Kier alpha value is 0.570. The van der Waals surface area contributed by atoms with Crippen LogP contribution in [0.4, 0.5) is 0 Å². The van der Waals surface area contributed by atoms with Crippen LogP contribution in [0.2, 0.25) is 0 Å². The van der Waals surface area contributed by atoms with Crippen LogP contribution in [0, 0.1) is 0 Å². The SMILES string of the molecule is IN1CCNCCNCCNCC1. The molecule has 0 spiro atoms. The summed E-state index contributed by atoms with van der Waals surface area (Å²) >= 11 is 2.39. The number of hydrogen-bond donors (Lipinski definition) is 3. The van der Waals surface area contributed by atoms with Gasteiger partial charge < -0.3 is 16.0 Å². The molecule has 0 aliphatic carbocycles. The van der Waals surface area contributed by atoms with Gasteiger partial charge in [-0.2, -0.15) is 0 Å². The zero-order chi connectivity index (χ0) is 9.36. The molecule has 1 rings (SSSR count). The first-order valence-corrected chi connectivity index (χ1v) is 5.89. The van der Waals surface area contributed by atoms with Crippen molar-refractivity contribution in [2.75, 3.05) is 52.4 Å². The van der Waals surface area contributed by atoms with Crippen LogP contribution in [0.25, 0.3) is 0 Å². The van der Waals surface area contributed by atoms with E-state index in [0.29, 0.717) is 0 Å². The van der Waals surface area contributed by atoms with Crippen molar-refractivity contribution >= 4 is 22.9 Å². The van der Waals surface area contributed by atoms with Gasteiger partial charge in [0.05, 0.1) is 0 Å². The van der Waals surface area contributed by atoms with Gasteiger partial charge in [0, 0.05) is 75.2 Å². The van der Waals surface area contributed by atoms with Crippen molar-refractivity contribution in [3.63, 3.8) is 0 Å². The van der Waals surface area contributed by atoms with E-state index in [2.05, 4.69) is 41.9 Å². The Bertz CT molecular complexity index is 111. The minimum Gasteiger partial charge on any atom is -0.314 e. The standard InChI is InChI=1S/C8H19IN4/c9-13-7-5-11-3-1-10-2-4-12-6-8-13/h10-12H,1-8H2. The van der Waals surface area contributed by atoms with E-state index >= 15 is 0 Å². The maximum absolute atomic E-state index is 3.40. The van der Waals surface area contributed by atoms with Crippen LogP contribution in [0.3, 0.4) is 0 Å². The second-order valence-corrected chi connectivity index (χ2v) is 4.52. The Morgan fingerprint density at radius 1 is 0.692 bits per heavy atom. The third kappa shape index (κ3) is 6.62. The molecule has 0 aromatic rings. The summed E-state index contributed by atoms with van der Waals surface area (Å²) in [5, 5.41) is 10.2. The highest BCUT2D eigenvalue weighted by Gasteiger charge is 1.99.